The number of nitrogens with zero attached hydrogens (tertiary/aromatic N) is 2. The van der Waals surface area contributed by atoms with Crippen molar-refractivity contribution in [2.75, 3.05) is 12.1 Å². The Morgan fingerprint density at radius 1 is 1.30 bits per heavy atom. The highest BCUT2D eigenvalue weighted by molar-refractivity contribution is 5.83. The van der Waals surface area contributed by atoms with Crippen LogP contribution in [0.5, 0.6) is 0 Å². The summed E-state index contributed by atoms with van der Waals surface area (Å²) in [6.07, 6.45) is 3.41. The van der Waals surface area contributed by atoms with E-state index in [0.29, 0.717) is 11.9 Å². The zero-order valence-corrected chi connectivity index (χ0v) is 11.0. The first-order valence-electron chi connectivity index (χ1n) is 5.39. The SMILES string of the molecule is C/C(C=O)=C/C=N\N(C)c1c(F)cccc1F.O=CO. The molecule has 5 nitrogen and oxygen atoms in total. The molecule has 0 heterocycles. The number of carbonyl (C=O) groups is 2. The molecule has 0 aliphatic heterocycles. The quantitative estimate of drug-likeness (QED) is 0.398. The number of anilines is 1. The fraction of sp³-hybridized carbons (Fsp3) is 0.154. The van der Waals surface area contributed by atoms with Gasteiger partial charge in [0, 0.05) is 13.3 Å². The van der Waals surface area contributed by atoms with Crippen molar-refractivity contribution in [2.45, 2.75) is 6.92 Å². The number of allylic oxidation sites excluding steroid dienone is 2. The van der Waals surface area contributed by atoms with Crippen LogP contribution in [0.15, 0.2) is 34.9 Å². The lowest BCUT2D eigenvalue weighted by Crippen LogP contribution is -2.12. The van der Waals surface area contributed by atoms with Gasteiger partial charge >= 0.3 is 0 Å². The van der Waals surface area contributed by atoms with Gasteiger partial charge < -0.3 is 5.11 Å². The summed E-state index contributed by atoms with van der Waals surface area (Å²) in [5.41, 5.74) is 0.233. The fourth-order valence-corrected chi connectivity index (χ4v) is 1.15. The van der Waals surface area contributed by atoms with Crippen LogP contribution in [0.3, 0.4) is 0 Å². The predicted molar refractivity (Wildman–Crippen MR) is 71.8 cm³/mol. The molecular weight excluding hydrogens is 270 g/mol. The maximum absolute atomic E-state index is 13.3. The molecule has 1 aromatic carbocycles. The Morgan fingerprint density at radius 2 is 1.80 bits per heavy atom. The van der Waals surface area contributed by atoms with E-state index in [2.05, 4.69) is 5.10 Å². The van der Waals surface area contributed by atoms with Gasteiger partial charge in [-0.3, -0.25) is 14.6 Å². The summed E-state index contributed by atoms with van der Waals surface area (Å²) >= 11 is 0. The molecule has 0 aromatic heterocycles. The highest BCUT2D eigenvalue weighted by Gasteiger charge is 2.11. The second kappa shape index (κ2) is 9.37. The standard InChI is InChI=1S/C12H12F2N2O.CH2O2/c1-9(8-17)6-7-15-16(2)12-10(13)4-3-5-11(12)14;2-1-3/h3-8H,1-2H3;1H,(H,2,3)/b9-6-,15-7-;. The predicted octanol–water partition coefficient (Wildman–Crippen LogP) is 2.23. The van der Waals surface area contributed by atoms with E-state index in [9.17, 15) is 13.6 Å². The average molecular weight is 284 g/mol. The Kier molecular flexibility index (Phi) is 8.17. The molecule has 0 atom stereocenters. The van der Waals surface area contributed by atoms with E-state index >= 15 is 0 Å². The third-order valence-electron chi connectivity index (χ3n) is 2.02. The Labute approximate surface area is 114 Å². The van der Waals surface area contributed by atoms with E-state index in [4.69, 9.17) is 9.90 Å². The third kappa shape index (κ3) is 5.85. The molecule has 1 N–H and O–H groups in total. The number of para-hydroxylation sites is 1. The molecule has 0 saturated carbocycles. The number of hydrogen-bond donors (Lipinski definition) is 1. The van der Waals surface area contributed by atoms with E-state index in [0.717, 1.165) is 17.1 Å². The Bertz CT molecular complexity index is 496. The summed E-state index contributed by atoms with van der Waals surface area (Å²) in [7, 11) is 1.42. The van der Waals surface area contributed by atoms with E-state index in [1.54, 1.807) is 6.92 Å². The largest absolute Gasteiger partial charge is 0.483 e. The van der Waals surface area contributed by atoms with Crippen molar-refractivity contribution >= 4 is 24.7 Å². The topological polar surface area (TPSA) is 70.0 Å². The summed E-state index contributed by atoms with van der Waals surface area (Å²) in [6.45, 7) is 1.35. The van der Waals surface area contributed by atoms with Crippen LogP contribution >= 0.6 is 0 Å². The average Bonchev–Trinajstić information content (AvgIpc) is 2.39. The molecule has 0 bridgehead atoms. The van der Waals surface area contributed by atoms with Gasteiger partial charge in [0.15, 0.2) is 11.6 Å². The zero-order valence-electron chi connectivity index (χ0n) is 11.0. The van der Waals surface area contributed by atoms with Gasteiger partial charge in [-0.05, 0) is 30.7 Å². The van der Waals surface area contributed by atoms with Crippen LogP contribution in [0.25, 0.3) is 0 Å². The highest BCUT2D eigenvalue weighted by Crippen LogP contribution is 2.21. The molecule has 0 radical (unpaired) electrons. The van der Waals surface area contributed by atoms with Gasteiger partial charge in [0.25, 0.3) is 6.47 Å². The molecule has 7 heteroatoms. The summed E-state index contributed by atoms with van der Waals surface area (Å²) in [5.74, 6) is -1.39. The van der Waals surface area contributed by atoms with Crippen molar-refractivity contribution in [1.29, 1.82) is 0 Å². The third-order valence-corrected chi connectivity index (χ3v) is 2.02. The van der Waals surface area contributed by atoms with Crippen LogP contribution in [0.2, 0.25) is 0 Å². The van der Waals surface area contributed by atoms with Crippen LogP contribution in [0, 0.1) is 11.6 Å². The summed E-state index contributed by atoms with van der Waals surface area (Å²) in [5, 5.41) is 11.8. The number of benzene rings is 1. The number of carbonyl (C=O) groups excluding carboxylic acids is 1. The fourth-order valence-electron chi connectivity index (χ4n) is 1.15. The maximum atomic E-state index is 13.3. The molecule has 0 aliphatic carbocycles. The first-order chi connectivity index (χ1) is 9.47. The van der Waals surface area contributed by atoms with Gasteiger partial charge in [-0.25, -0.2) is 8.78 Å². The number of rotatable bonds is 4. The van der Waals surface area contributed by atoms with Crippen LogP contribution in [-0.4, -0.2) is 31.1 Å². The van der Waals surface area contributed by atoms with Gasteiger partial charge in [0.2, 0.25) is 0 Å². The lowest BCUT2D eigenvalue weighted by atomic mass is 10.3. The lowest BCUT2D eigenvalue weighted by molar-refractivity contribution is -0.122. The Balaban J connectivity index is 0.00000110. The minimum Gasteiger partial charge on any atom is -0.483 e. The van der Waals surface area contributed by atoms with Gasteiger partial charge in [-0.2, -0.15) is 5.10 Å². The van der Waals surface area contributed by atoms with Crippen molar-refractivity contribution in [2.24, 2.45) is 5.10 Å². The first-order valence-corrected chi connectivity index (χ1v) is 5.39. The highest BCUT2D eigenvalue weighted by atomic mass is 19.1. The molecular formula is C13H14F2N2O3. The second-order valence-electron chi connectivity index (χ2n) is 3.49. The normalized spacial score (nSPS) is 10.7. The number of halogens is 2. The van der Waals surface area contributed by atoms with E-state index in [1.165, 1.54) is 25.4 Å². The summed E-state index contributed by atoms with van der Waals surface area (Å²) in [6, 6.07) is 3.58. The zero-order chi connectivity index (χ0) is 15.5. The Hall–Kier alpha value is -2.57. The maximum Gasteiger partial charge on any atom is 0.290 e. The molecule has 1 aromatic rings. The molecule has 1 rings (SSSR count). The van der Waals surface area contributed by atoms with E-state index in [-0.39, 0.29) is 12.2 Å². The minimum absolute atomic E-state index is 0.235. The van der Waals surface area contributed by atoms with Crippen LogP contribution in [-0.2, 0) is 9.59 Å². The number of aldehydes is 1. The molecule has 0 spiro atoms. The van der Waals surface area contributed by atoms with E-state index in [1.807, 2.05) is 0 Å². The minimum atomic E-state index is -0.694. The van der Waals surface area contributed by atoms with Crippen molar-refractivity contribution in [3.8, 4) is 0 Å². The summed E-state index contributed by atoms with van der Waals surface area (Å²) in [4.78, 5) is 18.7. The second-order valence-corrected chi connectivity index (χ2v) is 3.49. The van der Waals surface area contributed by atoms with Crippen molar-refractivity contribution in [1.82, 2.24) is 0 Å². The molecule has 0 saturated heterocycles. The van der Waals surface area contributed by atoms with Crippen LogP contribution < -0.4 is 5.01 Å². The monoisotopic (exact) mass is 284 g/mol. The summed E-state index contributed by atoms with van der Waals surface area (Å²) < 4.78 is 26.7. The molecule has 108 valence electrons. The van der Waals surface area contributed by atoms with Crippen molar-refractivity contribution < 1.29 is 23.5 Å². The van der Waals surface area contributed by atoms with Gasteiger partial charge in [-0.1, -0.05) is 6.07 Å². The number of hydrazone groups is 1. The van der Waals surface area contributed by atoms with Gasteiger partial charge in [0.1, 0.15) is 12.0 Å². The van der Waals surface area contributed by atoms with Crippen LogP contribution in [0.1, 0.15) is 6.92 Å². The van der Waals surface area contributed by atoms with Gasteiger partial charge in [0.05, 0.1) is 0 Å². The molecule has 0 fully saturated rings. The lowest BCUT2D eigenvalue weighted by Gasteiger charge is -2.13. The smallest absolute Gasteiger partial charge is 0.290 e. The van der Waals surface area contributed by atoms with Gasteiger partial charge in [-0.15, -0.1) is 0 Å². The first kappa shape index (κ1) is 17.4. The van der Waals surface area contributed by atoms with Crippen molar-refractivity contribution in [3.05, 3.63) is 41.5 Å². The van der Waals surface area contributed by atoms with E-state index < -0.39 is 11.6 Å². The number of hydrogen-bond acceptors (Lipinski definition) is 4. The molecule has 0 unspecified atom stereocenters. The van der Waals surface area contributed by atoms with Crippen LogP contribution in [0.4, 0.5) is 14.5 Å². The van der Waals surface area contributed by atoms with Crippen molar-refractivity contribution in [3.63, 3.8) is 0 Å². The number of carboxylic acid groups (broad SMARTS) is 1. The molecule has 20 heavy (non-hydrogen) atoms. The molecule has 0 aliphatic rings. The Morgan fingerprint density at radius 3 is 2.25 bits per heavy atom. The molecule has 0 amide bonds.